The van der Waals surface area contributed by atoms with Crippen molar-refractivity contribution in [1.82, 2.24) is 15.3 Å². The van der Waals surface area contributed by atoms with E-state index in [1.807, 2.05) is 0 Å². The van der Waals surface area contributed by atoms with Crippen LogP contribution in [0.15, 0.2) is 65.7 Å². The van der Waals surface area contributed by atoms with E-state index in [1.165, 1.54) is 6.26 Å². The summed E-state index contributed by atoms with van der Waals surface area (Å²) in [6, 6.07) is 9.88. The Hall–Kier alpha value is -3.68. The van der Waals surface area contributed by atoms with Gasteiger partial charge in [0, 0.05) is 36.7 Å². The number of hydrogen-bond acceptors (Lipinski definition) is 6. The summed E-state index contributed by atoms with van der Waals surface area (Å²) in [5, 5.41) is 8.53. The second-order valence-electron chi connectivity index (χ2n) is 5.29. The molecule has 0 saturated heterocycles. The highest BCUT2D eigenvalue weighted by Crippen LogP contribution is 2.12. The van der Waals surface area contributed by atoms with E-state index in [1.54, 1.807) is 55.0 Å². The van der Waals surface area contributed by atoms with E-state index in [-0.39, 0.29) is 17.6 Å². The van der Waals surface area contributed by atoms with Gasteiger partial charge in [0.2, 0.25) is 0 Å². The first-order chi connectivity index (χ1) is 12.7. The molecular formula is C18H17N5O3. The van der Waals surface area contributed by atoms with Gasteiger partial charge in [-0.3, -0.25) is 14.6 Å². The van der Waals surface area contributed by atoms with Crippen LogP contribution in [0.5, 0.6) is 0 Å². The molecule has 8 heteroatoms. The van der Waals surface area contributed by atoms with Gasteiger partial charge in [0.15, 0.2) is 5.76 Å². The summed E-state index contributed by atoms with van der Waals surface area (Å²) in [5.74, 6) is 0.236. The summed E-state index contributed by atoms with van der Waals surface area (Å²) in [7, 11) is 0. The second-order valence-corrected chi connectivity index (χ2v) is 5.29. The first-order valence-corrected chi connectivity index (χ1v) is 7.95. The summed E-state index contributed by atoms with van der Waals surface area (Å²) < 4.78 is 5.04. The highest BCUT2D eigenvalue weighted by atomic mass is 16.3. The lowest BCUT2D eigenvalue weighted by atomic mass is 10.2. The molecule has 2 amide bonds. The molecule has 0 radical (unpaired) electrons. The monoisotopic (exact) mass is 351 g/mol. The molecule has 0 aliphatic rings. The Kier molecular flexibility index (Phi) is 5.56. The summed E-state index contributed by atoms with van der Waals surface area (Å²) in [6.07, 6.45) is 6.20. The van der Waals surface area contributed by atoms with Crippen LogP contribution < -0.4 is 16.0 Å². The molecule has 8 nitrogen and oxygen atoms in total. The van der Waals surface area contributed by atoms with Crippen LogP contribution in [0.4, 0.5) is 11.5 Å². The minimum absolute atomic E-state index is 0.204. The van der Waals surface area contributed by atoms with Crippen molar-refractivity contribution in [2.24, 2.45) is 0 Å². The van der Waals surface area contributed by atoms with Crippen LogP contribution in [0.25, 0.3) is 0 Å². The van der Waals surface area contributed by atoms with Gasteiger partial charge < -0.3 is 20.4 Å². The van der Waals surface area contributed by atoms with Crippen LogP contribution in [0.1, 0.15) is 20.9 Å². The molecule has 1 aromatic carbocycles. The zero-order valence-corrected chi connectivity index (χ0v) is 13.8. The van der Waals surface area contributed by atoms with Crippen LogP contribution in [-0.4, -0.2) is 34.9 Å². The Bertz CT molecular complexity index is 866. The van der Waals surface area contributed by atoms with E-state index in [2.05, 4.69) is 25.9 Å². The normalized spacial score (nSPS) is 10.2. The number of carbonyl (C=O) groups excluding carboxylic acids is 2. The molecule has 26 heavy (non-hydrogen) atoms. The number of rotatable bonds is 7. The van der Waals surface area contributed by atoms with Gasteiger partial charge in [-0.2, -0.15) is 0 Å². The van der Waals surface area contributed by atoms with Crippen molar-refractivity contribution in [3.05, 3.63) is 72.6 Å². The third-order valence-corrected chi connectivity index (χ3v) is 3.41. The number of aromatic nitrogens is 2. The molecule has 2 aromatic heterocycles. The molecule has 3 rings (SSSR count). The minimum atomic E-state index is -0.374. The Balaban J connectivity index is 1.50. The lowest BCUT2D eigenvalue weighted by Crippen LogP contribution is -2.29. The number of anilines is 2. The number of nitrogens with one attached hydrogen (secondary N) is 3. The highest BCUT2D eigenvalue weighted by molar-refractivity contribution is 6.03. The van der Waals surface area contributed by atoms with Crippen LogP contribution in [-0.2, 0) is 0 Å². The molecule has 0 unspecified atom stereocenters. The number of furan rings is 1. The van der Waals surface area contributed by atoms with E-state index in [0.29, 0.717) is 30.2 Å². The molecule has 0 spiro atoms. The quantitative estimate of drug-likeness (QED) is 0.563. The lowest BCUT2D eigenvalue weighted by Gasteiger charge is -2.08. The van der Waals surface area contributed by atoms with Gasteiger partial charge in [0.25, 0.3) is 11.8 Å². The van der Waals surface area contributed by atoms with Crippen molar-refractivity contribution >= 4 is 23.3 Å². The van der Waals surface area contributed by atoms with Crippen molar-refractivity contribution in [1.29, 1.82) is 0 Å². The summed E-state index contributed by atoms with van der Waals surface area (Å²) in [4.78, 5) is 32.2. The van der Waals surface area contributed by atoms with E-state index < -0.39 is 0 Å². The maximum atomic E-state index is 12.2. The van der Waals surface area contributed by atoms with E-state index in [0.717, 1.165) is 0 Å². The van der Waals surface area contributed by atoms with Gasteiger partial charge in [0.1, 0.15) is 5.82 Å². The molecule has 0 fully saturated rings. The van der Waals surface area contributed by atoms with Crippen molar-refractivity contribution in [2.75, 3.05) is 23.7 Å². The van der Waals surface area contributed by atoms with Crippen molar-refractivity contribution in [3.8, 4) is 0 Å². The third-order valence-electron chi connectivity index (χ3n) is 3.41. The molecule has 3 N–H and O–H groups in total. The van der Waals surface area contributed by atoms with Crippen LogP contribution in [0.3, 0.4) is 0 Å². The first kappa shape index (κ1) is 17.2. The maximum absolute atomic E-state index is 12.2. The molecule has 0 aliphatic heterocycles. The number of hydrogen-bond donors (Lipinski definition) is 3. The Morgan fingerprint density at radius 3 is 2.73 bits per heavy atom. The fourth-order valence-electron chi connectivity index (χ4n) is 2.20. The Morgan fingerprint density at radius 2 is 1.96 bits per heavy atom. The number of benzene rings is 1. The van der Waals surface area contributed by atoms with E-state index >= 15 is 0 Å². The second kappa shape index (κ2) is 8.43. The molecule has 3 aromatic rings. The number of carbonyl (C=O) groups is 2. The summed E-state index contributed by atoms with van der Waals surface area (Å²) in [6.45, 7) is 0.928. The Labute approximate surface area is 149 Å². The van der Waals surface area contributed by atoms with Crippen molar-refractivity contribution in [3.63, 3.8) is 0 Å². The molecule has 2 heterocycles. The maximum Gasteiger partial charge on any atom is 0.291 e. The minimum Gasteiger partial charge on any atom is -0.459 e. The smallest absolute Gasteiger partial charge is 0.291 e. The zero-order chi connectivity index (χ0) is 18.2. The topological polar surface area (TPSA) is 109 Å². The summed E-state index contributed by atoms with van der Waals surface area (Å²) >= 11 is 0. The molecule has 0 atom stereocenters. The average molecular weight is 351 g/mol. The van der Waals surface area contributed by atoms with Gasteiger partial charge in [0.05, 0.1) is 12.5 Å². The van der Waals surface area contributed by atoms with Gasteiger partial charge >= 0.3 is 0 Å². The van der Waals surface area contributed by atoms with E-state index in [4.69, 9.17) is 4.42 Å². The fourth-order valence-corrected chi connectivity index (χ4v) is 2.20. The van der Waals surface area contributed by atoms with Crippen LogP contribution >= 0.6 is 0 Å². The average Bonchev–Trinajstić information content (AvgIpc) is 3.21. The highest BCUT2D eigenvalue weighted by Gasteiger charge is 2.10. The zero-order valence-electron chi connectivity index (χ0n) is 13.8. The van der Waals surface area contributed by atoms with Gasteiger partial charge in [-0.1, -0.05) is 6.07 Å². The van der Waals surface area contributed by atoms with Gasteiger partial charge in [-0.05, 0) is 30.3 Å². The standard InChI is InChI=1S/C18H17N5O3/c24-17(22-9-8-21-16-12-19-6-7-20-16)13-3-1-4-14(11-13)23-18(25)15-5-2-10-26-15/h1-7,10-12H,8-9H2,(H,20,21)(H,22,24)(H,23,25). The van der Waals surface area contributed by atoms with Gasteiger partial charge in [-0.15, -0.1) is 0 Å². The van der Waals surface area contributed by atoms with Crippen LogP contribution in [0, 0.1) is 0 Å². The molecule has 132 valence electrons. The fraction of sp³-hybridized carbons (Fsp3) is 0.111. The van der Waals surface area contributed by atoms with Crippen molar-refractivity contribution in [2.45, 2.75) is 0 Å². The first-order valence-electron chi connectivity index (χ1n) is 7.95. The number of nitrogens with zero attached hydrogens (tertiary/aromatic N) is 2. The predicted molar refractivity (Wildman–Crippen MR) is 96.0 cm³/mol. The molecule has 0 aliphatic carbocycles. The van der Waals surface area contributed by atoms with Crippen molar-refractivity contribution < 1.29 is 14.0 Å². The van der Waals surface area contributed by atoms with Gasteiger partial charge in [-0.25, -0.2) is 4.98 Å². The predicted octanol–water partition coefficient (Wildman–Crippen LogP) is 2.16. The third kappa shape index (κ3) is 4.67. The number of amides is 2. The molecule has 0 bridgehead atoms. The van der Waals surface area contributed by atoms with Crippen LogP contribution in [0.2, 0.25) is 0 Å². The molecular weight excluding hydrogens is 334 g/mol. The SMILES string of the molecule is O=C(NCCNc1cnccn1)c1cccc(NC(=O)c2ccco2)c1. The lowest BCUT2D eigenvalue weighted by molar-refractivity contribution is 0.0953. The molecule has 0 saturated carbocycles. The largest absolute Gasteiger partial charge is 0.459 e. The van der Waals surface area contributed by atoms with E-state index in [9.17, 15) is 9.59 Å². The summed E-state index contributed by atoms with van der Waals surface area (Å²) in [5.41, 5.74) is 0.957. The Morgan fingerprint density at radius 1 is 1.04 bits per heavy atom.